The summed E-state index contributed by atoms with van der Waals surface area (Å²) < 4.78 is 6.29. The molecule has 1 aromatic carbocycles. The lowest BCUT2D eigenvalue weighted by molar-refractivity contribution is 0.0979. The molecule has 0 saturated heterocycles. The van der Waals surface area contributed by atoms with E-state index in [-0.39, 0.29) is 5.78 Å². The molecule has 0 radical (unpaired) electrons. The van der Waals surface area contributed by atoms with Gasteiger partial charge in [-0.2, -0.15) is 4.98 Å². The average Bonchev–Trinajstić information content (AvgIpc) is 2.93. The van der Waals surface area contributed by atoms with E-state index in [0.29, 0.717) is 37.0 Å². The molecule has 6 heteroatoms. The van der Waals surface area contributed by atoms with Crippen LogP contribution in [0.3, 0.4) is 0 Å². The summed E-state index contributed by atoms with van der Waals surface area (Å²) in [6, 6.07) is 7.84. The molecular weight excluding hydrogens is 381 g/mol. The van der Waals surface area contributed by atoms with Gasteiger partial charge in [0.25, 0.3) is 0 Å². The van der Waals surface area contributed by atoms with Crippen molar-refractivity contribution in [2.24, 2.45) is 0 Å². The Morgan fingerprint density at radius 2 is 2.10 bits per heavy atom. The molecule has 1 unspecified atom stereocenters. The van der Waals surface area contributed by atoms with Gasteiger partial charge >= 0.3 is 0 Å². The Hall–Kier alpha value is -1.28. The molecule has 1 N–H and O–H groups in total. The van der Waals surface area contributed by atoms with Crippen LogP contribution in [0.15, 0.2) is 28.8 Å². The highest BCUT2D eigenvalue weighted by Crippen LogP contribution is 2.11. The second kappa shape index (κ2) is 7.65. The first kappa shape index (κ1) is 16.1. The van der Waals surface area contributed by atoms with E-state index in [9.17, 15) is 4.79 Å². The van der Waals surface area contributed by atoms with E-state index >= 15 is 0 Å². The van der Waals surface area contributed by atoms with Crippen LogP contribution in [0.25, 0.3) is 0 Å². The van der Waals surface area contributed by atoms with E-state index in [1.807, 2.05) is 31.3 Å². The summed E-state index contributed by atoms with van der Waals surface area (Å²) in [5.74, 6) is 1.29. The maximum Gasteiger partial charge on any atom is 0.227 e. The van der Waals surface area contributed by atoms with Gasteiger partial charge in [0.2, 0.25) is 5.89 Å². The Balaban J connectivity index is 1.88. The number of rotatable bonds is 7. The van der Waals surface area contributed by atoms with Gasteiger partial charge in [0.15, 0.2) is 11.6 Å². The van der Waals surface area contributed by atoms with Gasteiger partial charge in [0, 0.05) is 34.4 Å². The lowest BCUT2D eigenvalue weighted by atomic mass is 10.1. The highest BCUT2D eigenvalue weighted by molar-refractivity contribution is 14.1. The number of nitrogens with one attached hydrogen (secondary N) is 1. The molecule has 0 fully saturated rings. The van der Waals surface area contributed by atoms with Gasteiger partial charge in [0.1, 0.15) is 0 Å². The van der Waals surface area contributed by atoms with Crippen molar-refractivity contribution in [1.29, 1.82) is 0 Å². The number of halogens is 1. The van der Waals surface area contributed by atoms with E-state index < -0.39 is 0 Å². The number of nitrogens with zero attached hydrogens (tertiary/aromatic N) is 2. The van der Waals surface area contributed by atoms with Crippen LogP contribution >= 0.6 is 22.6 Å². The molecule has 0 saturated carbocycles. The normalized spacial score (nSPS) is 12.3. The van der Waals surface area contributed by atoms with Crippen LogP contribution in [0, 0.1) is 3.57 Å². The van der Waals surface area contributed by atoms with E-state index in [4.69, 9.17) is 4.52 Å². The number of likely N-dealkylation sites (N-methyl/N-ethyl adjacent to an activating group) is 1. The summed E-state index contributed by atoms with van der Waals surface area (Å²) in [7, 11) is 1.89. The third kappa shape index (κ3) is 4.89. The maximum absolute atomic E-state index is 12.1. The molecule has 0 bridgehead atoms. The summed E-state index contributed by atoms with van der Waals surface area (Å²) in [6.07, 6.45) is 1.57. The van der Waals surface area contributed by atoms with Crippen molar-refractivity contribution >= 4 is 28.4 Å². The fourth-order valence-electron chi connectivity index (χ4n) is 1.85. The predicted octanol–water partition coefficient (Wildman–Crippen LogP) is 2.64. The second-order valence-electron chi connectivity index (χ2n) is 4.93. The summed E-state index contributed by atoms with van der Waals surface area (Å²) in [5.41, 5.74) is 0.721. The lowest BCUT2D eigenvalue weighted by Crippen LogP contribution is -2.24. The molecule has 1 heterocycles. The summed E-state index contributed by atoms with van der Waals surface area (Å²) in [5, 5.41) is 7.05. The highest BCUT2D eigenvalue weighted by atomic mass is 127. The quantitative estimate of drug-likeness (QED) is 0.573. The van der Waals surface area contributed by atoms with Crippen LogP contribution < -0.4 is 5.32 Å². The van der Waals surface area contributed by atoms with Crippen LogP contribution in [0.5, 0.6) is 0 Å². The van der Waals surface area contributed by atoms with Gasteiger partial charge in [-0.1, -0.05) is 17.3 Å². The summed E-state index contributed by atoms with van der Waals surface area (Å²) in [6.45, 7) is 2.05. The zero-order valence-corrected chi connectivity index (χ0v) is 14.3. The van der Waals surface area contributed by atoms with Gasteiger partial charge in [-0.3, -0.25) is 4.79 Å². The van der Waals surface area contributed by atoms with Crippen LogP contribution in [0.2, 0.25) is 0 Å². The monoisotopic (exact) mass is 399 g/mol. The number of aryl methyl sites for hydroxylation is 1. The molecule has 21 heavy (non-hydrogen) atoms. The fraction of sp³-hybridized carbons (Fsp3) is 0.400. The van der Waals surface area contributed by atoms with Gasteiger partial charge in [0.05, 0.1) is 0 Å². The van der Waals surface area contributed by atoms with Crippen molar-refractivity contribution in [2.45, 2.75) is 32.2 Å². The first-order valence-corrected chi connectivity index (χ1v) is 7.94. The minimum absolute atomic E-state index is 0.0924. The molecule has 5 nitrogen and oxygen atoms in total. The number of carbonyl (C=O) groups excluding carboxylic acids is 1. The first-order valence-electron chi connectivity index (χ1n) is 6.86. The Kier molecular flexibility index (Phi) is 5.86. The van der Waals surface area contributed by atoms with Crippen LogP contribution in [0.4, 0.5) is 0 Å². The maximum atomic E-state index is 12.1. The highest BCUT2D eigenvalue weighted by Gasteiger charge is 2.12. The predicted molar refractivity (Wildman–Crippen MR) is 88.3 cm³/mol. The molecule has 2 rings (SSSR count). The fourth-order valence-corrected chi connectivity index (χ4v) is 2.21. The van der Waals surface area contributed by atoms with Gasteiger partial charge in [-0.05, 0) is 48.7 Å². The van der Waals surface area contributed by atoms with Crippen molar-refractivity contribution in [2.75, 3.05) is 7.05 Å². The topological polar surface area (TPSA) is 68.0 Å². The molecule has 112 valence electrons. The van der Waals surface area contributed by atoms with Gasteiger partial charge < -0.3 is 9.84 Å². The van der Waals surface area contributed by atoms with E-state index in [2.05, 4.69) is 45.0 Å². The summed E-state index contributed by atoms with van der Waals surface area (Å²) in [4.78, 5) is 16.4. The minimum Gasteiger partial charge on any atom is -0.339 e. The van der Waals surface area contributed by atoms with E-state index in [1.54, 1.807) is 0 Å². The van der Waals surface area contributed by atoms with Crippen LogP contribution in [-0.2, 0) is 12.8 Å². The standard InChI is InChI=1S/C15H18IN3O2/c1-10(17-2)9-14-18-15(21-19-14)8-7-13(20)11-3-5-12(16)6-4-11/h3-6,10,17H,7-9H2,1-2H3. The van der Waals surface area contributed by atoms with Crippen LogP contribution in [-0.4, -0.2) is 29.0 Å². The number of hydrogen-bond donors (Lipinski definition) is 1. The molecule has 2 aromatic rings. The van der Waals surface area contributed by atoms with Crippen LogP contribution in [0.1, 0.15) is 35.4 Å². The Morgan fingerprint density at radius 3 is 2.76 bits per heavy atom. The molecular formula is C15H18IN3O2. The SMILES string of the molecule is CNC(C)Cc1noc(CCC(=O)c2ccc(I)cc2)n1. The molecule has 1 atom stereocenters. The van der Waals surface area contributed by atoms with Crippen molar-refractivity contribution in [3.8, 4) is 0 Å². The second-order valence-corrected chi connectivity index (χ2v) is 6.17. The largest absolute Gasteiger partial charge is 0.339 e. The molecule has 0 spiro atoms. The zero-order chi connectivity index (χ0) is 15.2. The Morgan fingerprint density at radius 1 is 1.38 bits per heavy atom. The zero-order valence-electron chi connectivity index (χ0n) is 12.1. The lowest BCUT2D eigenvalue weighted by Gasteiger charge is -2.04. The number of ketones is 1. The molecule has 0 aliphatic rings. The van der Waals surface area contributed by atoms with Crippen molar-refractivity contribution in [1.82, 2.24) is 15.5 Å². The molecule has 1 aromatic heterocycles. The first-order chi connectivity index (χ1) is 10.1. The third-order valence-electron chi connectivity index (χ3n) is 3.22. The van der Waals surface area contributed by atoms with Crippen molar-refractivity contribution < 1.29 is 9.32 Å². The van der Waals surface area contributed by atoms with E-state index in [1.165, 1.54) is 0 Å². The average molecular weight is 399 g/mol. The van der Waals surface area contributed by atoms with Gasteiger partial charge in [-0.15, -0.1) is 0 Å². The number of benzene rings is 1. The number of hydrogen-bond acceptors (Lipinski definition) is 5. The number of carbonyl (C=O) groups is 1. The molecule has 0 amide bonds. The van der Waals surface area contributed by atoms with Crippen molar-refractivity contribution in [3.05, 3.63) is 45.1 Å². The molecule has 0 aliphatic heterocycles. The summed E-state index contributed by atoms with van der Waals surface area (Å²) >= 11 is 2.22. The number of Topliss-reactive ketones (excluding diaryl/α,β-unsaturated/α-hetero) is 1. The van der Waals surface area contributed by atoms with Gasteiger partial charge in [-0.25, -0.2) is 0 Å². The van der Waals surface area contributed by atoms with Crippen molar-refractivity contribution in [3.63, 3.8) is 0 Å². The van der Waals surface area contributed by atoms with E-state index in [0.717, 1.165) is 9.13 Å². The third-order valence-corrected chi connectivity index (χ3v) is 3.94. The minimum atomic E-state index is 0.0924. The Labute approximate surface area is 137 Å². The smallest absolute Gasteiger partial charge is 0.227 e. The Bertz CT molecular complexity index is 595. The molecule has 0 aliphatic carbocycles. The number of aromatic nitrogens is 2.